The summed E-state index contributed by atoms with van der Waals surface area (Å²) in [7, 11) is 9.69. The lowest BCUT2D eigenvalue weighted by molar-refractivity contribution is -0.157. The first-order valence-electron chi connectivity index (χ1n) is 32.8. The van der Waals surface area contributed by atoms with E-state index in [9.17, 15) is 48.3 Å². The minimum absolute atomic E-state index is 0.0374. The smallest absolute Gasteiger partial charge is 0.302 e. The molecule has 26 nitrogen and oxygen atoms in total. The Morgan fingerprint density at radius 3 is 1.42 bits per heavy atom. The number of nitrogens with one attached hydrogen (secondary N) is 4. The highest BCUT2D eigenvalue weighted by Gasteiger charge is 2.46. The van der Waals surface area contributed by atoms with Crippen LogP contribution in [0.1, 0.15) is 157 Å². The SMILES string of the molecule is C/C=C/C[C@@H](C)[C@@H](O)[C@H]1C(=O)N[C@@H](CC)C(=O)N(C)[C@H](C)C(=O)N(C)[C@@H]([C@@H](C)OC/C=C/COC(C)=O)C(=O)N[C@@H](C(C)C)C(=O)N(C)[C@H](CC(C)C)C(=O)N[C@@H](C)C(=O)N[C@@H](C)C(=O)N(C)[C@@H](CC(C)C)C(=O)N(C)[C@H](CC(C)C)C(=O)N(C)[C@@H](C(C)C)C(=O)N1C. The molecule has 26 heteroatoms. The second-order valence-corrected chi connectivity index (χ2v) is 27.1. The lowest BCUT2D eigenvalue weighted by Crippen LogP contribution is -2.64. The van der Waals surface area contributed by atoms with Crippen LogP contribution in [0.5, 0.6) is 0 Å². The first kappa shape index (κ1) is 84.1. The molecule has 1 rings (SSSR count). The summed E-state index contributed by atoms with van der Waals surface area (Å²) in [5, 5.41) is 23.1. The van der Waals surface area contributed by atoms with Crippen molar-refractivity contribution in [3.63, 3.8) is 0 Å². The van der Waals surface area contributed by atoms with Gasteiger partial charge in [0.2, 0.25) is 65.0 Å². The normalized spacial score (nSPS) is 26.7. The van der Waals surface area contributed by atoms with Gasteiger partial charge in [0.1, 0.15) is 73.1 Å². The number of esters is 1. The molecule has 0 saturated carbocycles. The van der Waals surface area contributed by atoms with Gasteiger partial charge < -0.3 is 70.1 Å². The van der Waals surface area contributed by atoms with Crippen molar-refractivity contribution in [2.45, 2.75) is 235 Å². The fourth-order valence-electron chi connectivity index (χ4n) is 11.3. The molecule has 0 unspecified atom stereocenters. The molecule has 0 spiro atoms. The summed E-state index contributed by atoms with van der Waals surface area (Å²) in [6.07, 6.45) is 4.57. The number of amides is 11. The van der Waals surface area contributed by atoms with Gasteiger partial charge in [0.25, 0.3) is 0 Å². The summed E-state index contributed by atoms with van der Waals surface area (Å²) in [5.74, 6) is -11.0. The van der Waals surface area contributed by atoms with Crippen molar-refractivity contribution in [3.05, 3.63) is 24.3 Å². The van der Waals surface area contributed by atoms with Gasteiger partial charge in [0, 0.05) is 56.3 Å². The van der Waals surface area contributed by atoms with Crippen molar-refractivity contribution in [2.75, 3.05) is 62.5 Å². The Bertz CT molecular complexity index is 2610. The van der Waals surface area contributed by atoms with Gasteiger partial charge in [-0.3, -0.25) is 57.5 Å². The topological polar surface area (TPSA) is 314 Å². The molecule has 1 fully saturated rings. The average Bonchev–Trinajstić information content (AvgIpc) is 0.824. The van der Waals surface area contributed by atoms with Gasteiger partial charge in [-0.1, -0.05) is 101 Å². The second-order valence-electron chi connectivity index (χ2n) is 27.1. The molecular weight excluding hydrogens is 1200 g/mol. The summed E-state index contributed by atoms with van der Waals surface area (Å²) in [6, 6.07) is -14.5. The third-order valence-electron chi connectivity index (χ3n) is 17.2. The molecule has 0 bridgehead atoms. The van der Waals surface area contributed by atoms with E-state index in [0.29, 0.717) is 0 Å². The van der Waals surface area contributed by atoms with Crippen molar-refractivity contribution in [1.29, 1.82) is 0 Å². The number of ether oxygens (including phenoxy) is 2. The summed E-state index contributed by atoms with van der Waals surface area (Å²) in [4.78, 5) is 182. The van der Waals surface area contributed by atoms with Crippen molar-refractivity contribution < 1.29 is 72.1 Å². The minimum Gasteiger partial charge on any atom is -0.462 e. The monoisotopic (exact) mass is 1320 g/mol. The van der Waals surface area contributed by atoms with Gasteiger partial charge in [-0.05, 0) is 108 Å². The molecule has 14 atom stereocenters. The molecule has 11 amide bonds. The average molecular weight is 1320 g/mol. The number of aliphatic hydroxyl groups is 1. The summed E-state index contributed by atoms with van der Waals surface area (Å²) in [6.45, 7) is 29.8. The second kappa shape index (κ2) is 39.0. The first-order valence-corrected chi connectivity index (χ1v) is 32.8. The first-order chi connectivity index (χ1) is 43.0. The molecule has 0 aromatic heterocycles. The lowest BCUT2D eigenvalue weighted by Gasteiger charge is -2.41. The molecule has 1 aliphatic heterocycles. The molecule has 1 heterocycles. The molecule has 1 saturated heterocycles. The molecule has 1 aliphatic rings. The molecular formula is C67H117N11O15. The number of carbonyl (C=O) groups excluding carboxylic acids is 12. The van der Waals surface area contributed by atoms with E-state index < -0.39 is 167 Å². The summed E-state index contributed by atoms with van der Waals surface area (Å²) < 4.78 is 11.1. The number of carbonyl (C=O) groups is 12. The zero-order chi connectivity index (χ0) is 72.0. The number of hydrogen-bond acceptors (Lipinski definition) is 15. The standard InChI is InChI=1S/C67H117N11O15/c1-26-28-31-42(13)56(80)55-60(84)70-48(27-2)63(87)72(19)45(16)62(86)77(24)54(46(17)92-32-29-30-33-93-47(18)79)59(83)71-52(40(9)10)66(90)73(20)49(34-37(3)4)58(82)68-43(14)57(81)69-44(15)61(85)74(21)50(35-38(5)6)64(88)75(22)51(36-39(7)8)65(89)76(23)53(41(11)12)67(91)78(55)25/h26,28-30,37-46,48-56,80H,27,31-36H2,1-25H3,(H,68,82)(H,69,81)(H,70,84)(H,71,83)/b28-26+,30-29+/t42-,43+,44+,45-,46-,48+,49-,50+,51-,52+,53+,54+,55+,56-/m1/s1. The maximum absolute atomic E-state index is 15.2. The van der Waals surface area contributed by atoms with E-state index in [0.717, 1.165) is 14.7 Å². The van der Waals surface area contributed by atoms with E-state index in [1.807, 2.05) is 41.5 Å². The molecule has 93 heavy (non-hydrogen) atoms. The van der Waals surface area contributed by atoms with Gasteiger partial charge in [-0.15, -0.1) is 0 Å². The number of allylic oxidation sites excluding steroid dienone is 2. The molecule has 0 aromatic carbocycles. The van der Waals surface area contributed by atoms with Crippen molar-refractivity contribution in [3.8, 4) is 0 Å². The van der Waals surface area contributed by atoms with Crippen LogP contribution in [0.3, 0.4) is 0 Å². The van der Waals surface area contributed by atoms with E-state index in [2.05, 4.69) is 21.3 Å². The highest BCUT2D eigenvalue weighted by molar-refractivity contribution is 6.00. The van der Waals surface area contributed by atoms with E-state index >= 15 is 14.4 Å². The van der Waals surface area contributed by atoms with Crippen LogP contribution >= 0.6 is 0 Å². The van der Waals surface area contributed by atoms with Gasteiger partial charge in [0.15, 0.2) is 0 Å². The number of likely N-dealkylation sites (N-methyl/N-ethyl adjacent to an activating group) is 7. The summed E-state index contributed by atoms with van der Waals surface area (Å²) in [5.41, 5.74) is 0. The van der Waals surface area contributed by atoms with Crippen molar-refractivity contribution in [1.82, 2.24) is 55.6 Å². The van der Waals surface area contributed by atoms with Crippen LogP contribution in [0.4, 0.5) is 0 Å². The van der Waals surface area contributed by atoms with Gasteiger partial charge in [-0.25, -0.2) is 0 Å². The maximum atomic E-state index is 15.2. The fourth-order valence-corrected chi connectivity index (χ4v) is 11.3. The Labute approximate surface area is 554 Å². The third-order valence-corrected chi connectivity index (χ3v) is 17.2. The van der Waals surface area contributed by atoms with E-state index in [1.54, 1.807) is 66.7 Å². The maximum Gasteiger partial charge on any atom is 0.302 e. The fraction of sp³-hybridized carbons (Fsp3) is 0.761. The van der Waals surface area contributed by atoms with Crippen LogP contribution in [0, 0.1) is 35.5 Å². The minimum atomic E-state index is -1.66. The van der Waals surface area contributed by atoms with Crippen LogP contribution in [0.25, 0.3) is 0 Å². The van der Waals surface area contributed by atoms with Crippen LogP contribution in [-0.2, 0) is 67.0 Å². The Kier molecular flexibility index (Phi) is 35.3. The third kappa shape index (κ3) is 24.1. The Balaban J connectivity index is 4.45. The predicted molar refractivity (Wildman–Crippen MR) is 355 cm³/mol. The number of rotatable bonds is 19. The predicted octanol–water partition coefficient (Wildman–Crippen LogP) is 3.14. The van der Waals surface area contributed by atoms with Gasteiger partial charge in [-0.2, -0.15) is 0 Å². The quantitative estimate of drug-likeness (QED) is 0.0917. The van der Waals surface area contributed by atoms with Crippen LogP contribution < -0.4 is 21.3 Å². The molecule has 530 valence electrons. The Morgan fingerprint density at radius 1 is 0.484 bits per heavy atom. The Morgan fingerprint density at radius 2 is 0.935 bits per heavy atom. The molecule has 0 aromatic rings. The lowest BCUT2D eigenvalue weighted by atomic mass is 9.91. The van der Waals surface area contributed by atoms with Crippen molar-refractivity contribution in [2.24, 2.45) is 35.5 Å². The van der Waals surface area contributed by atoms with Crippen LogP contribution in [-0.4, -0.2) is 252 Å². The van der Waals surface area contributed by atoms with Gasteiger partial charge >= 0.3 is 5.97 Å². The number of nitrogens with zero attached hydrogens (tertiary/aromatic N) is 7. The van der Waals surface area contributed by atoms with E-state index in [1.165, 1.54) is 110 Å². The molecule has 5 N–H and O–H groups in total. The zero-order valence-corrected chi connectivity index (χ0v) is 60.5. The zero-order valence-electron chi connectivity index (χ0n) is 60.5. The largest absolute Gasteiger partial charge is 0.462 e. The number of aliphatic hydroxyl groups excluding tert-OH is 1. The molecule has 0 aliphatic carbocycles. The molecule has 0 radical (unpaired) electrons. The van der Waals surface area contributed by atoms with Gasteiger partial charge in [0.05, 0.1) is 18.8 Å². The van der Waals surface area contributed by atoms with Crippen LogP contribution in [0.2, 0.25) is 0 Å². The highest BCUT2D eigenvalue weighted by Crippen LogP contribution is 2.26. The van der Waals surface area contributed by atoms with E-state index in [4.69, 9.17) is 9.47 Å². The van der Waals surface area contributed by atoms with Crippen molar-refractivity contribution >= 4 is 70.9 Å². The van der Waals surface area contributed by atoms with Crippen LogP contribution in [0.15, 0.2) is 24.3 Å². The van der Waals surface area contributed by atoms with E-state index in [-0.39, 0.29) is 63.1 Å². The number of hydrogen-bond donors (Lipinski definition) is 5. The Hall–Kier alpha value is -6.96. The summed E-state index contributed by atoms with van der Waals surface area (Å²) >= 11 is 0. The highest BCUT2D eigenvalue weighted by atomic mass is 16.5.